The van der Waals surface area contributed by atoms with Crippen LogP contribution in [0.15, 0.2) is 18.2 Å². The Morgan fingerprint density at radius 1 is 1.37 bits per heavy atom. The molecule has 0 bridgehead atoms. The fourth-order valence-corrected chi connectivity index (χ4v) is 1.92. The molecule has 4 nitrogen and oxygen atoms in total. The maximum atomic E-state index is 11.7. The number of carbonyl (C=O) groups excluding carboxylic acids is 1. The molecule has 0 fully saturated rings. The van der Waals surface area contributed by atoms with E-state index in [1.807, 2.05) is 45.9 Å². The average molecular weight is 279 g/mol. The van der Waals surface area contributed by atoms with Crippen LogP contribution in [-0.2, 0) is 4.79 Å². The number of anilines is 1. The molecule has 1 aromatic rings. The molecule has 1 rings (SSSR count). The highest BCUT2D eigenvalue weighted by Gasteiger charge is 2.13. The molecule has 0 saturated heterocycles. The van der Waals surface area contributed by atoms with E-state index >= 15 is 0 Å². The monoisotopic (exact) mass is 279 g/mol. The van der Waals surface area contributed by atoms with Gasteiger partial charge in [-0.15, -0.1) is 0 Å². The Balaban J connectivity index is 2.62. The summed E-state index contributed by atoms with van der Waals surface area (Å²) in [6, 6.07) is 5.66. The van der Waals surface area contributed by atoms with Crippen molar-refractivity contribution >= 4 is 28.8 Å². The highest BCUT2D eigenvalue weighted by molar-refractivity contribution is 7.80. The standard InChI is InChI=1S/C14H21N3OS/c1-9-7-10(5-6-11(9)13(15)19)16-8-12(18)17-14(2,3)4/h5-7,16H,8H2,1-4H3,(H2,15,19)(H,17,18). The normalized spacial score (nSPS) is 10.9. The van der Waals surface area contributed by atoms with Crippen LogP contribution in [0.3, 0.4) is 0 Å². The van der Waals surface area contributed by atoms with Gasteiger partial charge in [0.15, 0.2) is 0 Å². The van der Waals surface area contributed by atoms with E-state index in [4.69, 9.17) is 18.0 Å². The minimum absolute atomic E-state index is 0.0384. The van der Waals surface area contributed by atoms with E-state index in [-0.39, 0.29) is 18.0 Å². The van der Waals surface area contributed by atoms with Crippen molar-refractivity contribution in [1.82, 2.24) is 5.32 Å². The third kappa shape index (κ3) is 5.26. The van der Waals surface area contributed by atoms with Crippen LogP contribution in [0.5, 0.6) is 0 Å². The summed E-state index contributed by atoms with van der Waals surface area (Å²) in [5.74, 6) is -0.0384. The Kier molecular flexibility index (Phi) is 4.89. The lowest BCUT2D eigenvalue weighted by Crippen LogP contribution is -2.43. The smallest absolute Gasteiger partial charge is 0.239 e. The van der Waals surface area contributed by atoms with Crippen molar-refractivity contribution in [3.05, 3.63) is 29.3 Å². The van der Waals surface area contributed by atoms with Gasteiger partial charge in [0.2, 0.25) is 5.91 Å². The van der Waals surface area contributed by atoms with Gasteiger partial charge in [0.25, 0.3) is 0 Å². The zero-order valence-corrected chi connectivity index (χ0v) is 12.6. The molecule has 5 heteroatoms. The number of nitrogens with two attached hydrogens (primary N) is 1. The summed E-state index contributed by atoms with van der Waals surface area (Å²) in [5.41, 5.74) is 8.12. The first-order valence-corrected chi connectivity index (χ1v) is 6.55. The Morgan fingerprint density at radius 2 is 2.00 bits per heavy atom. The molecule has 0 saturated carbocycles. The lowest BCUT2D eigenvalue weighted by atomic mass is 10.1. The van der Waals surface area contributed by atoms with E-state index in [0.29, 0.717) is 4.99 Å². The summed E-state index contributed by atoms with van der Waals surface area (Å²) in [6.07, 6.45) is 0. The topological polar surface area (TPSA) is 67.2 Å². The van der Waals surface area contributed by atoms with Crippen LogP contribution in [0.25, 0.3) is 0 Å². The fourth-order valence-electron chi connectivity index (χ4n) is 1.69. The minimum atomic E-state index is -0.218. The van der Waals surface area contributed by atoms with Crippen LogP contribution in [0, 0.1) is 6.92 Å². The number of hydrogen-bond donors (Lipinski definition) is 3. The van der Waals surface area contributed by atoms with Crippen molar-refractivity contribution in [2.75, 3.05) is 11.9 Å². The summed E-state index contributed by atoms with van der Waals surface area (Å²) in [6.45, 7) is 8.03. The third-order valence-electron chi connectivity index (χ3n) is 2.46. The van der Waals surface area contributed by atoms with E-state index in [9.17, 15) is 4.79 Å². The molecule has 0 aliphatic carbocycles. The van der Waals surface area contributed by atoms with E-state index in [2.05, 4.69) is 10.6 Å². The fraction of sp³-hybridized carbons (Fsp3) is 0.429. The van der Waals surface area contributed by atoms with Gasteiger partial charge in [-0.05, 0) is 51.5 Å². The van der Waals surface area contributed by atoms with Gasteiger partial charge < -0.3 is 16.4 Å². The molecule has 0 unspecified atom stereocenters. The summed E-state index contributed by atoms with van der Waals surface area (Å²) in [7, 11) is 0. The third-order valence-corrected chi connectivity index (χ3v) is 2.68. The molecule has 19 heavy (non-hydrogen) atoms. The van der Waals surface area contributed by atoms with Crippen LogP contribution >= 0.6 is 12.2 Å². The van der Waals surface area contributed by atoms with E-state index in [1.165, 1.54) is 0 Å². The minimum Gasteiger partial charge on any atom is -0.389 e. The van der Waals surface area contributed by atoms with Crippen LogP contribution < -0.4 is 16.4 Å². The zero-order valence-electron chi connectivity index (χ0n) is 11.8. The second-order valence-electron chi connectivity index (χ2n) is 5.55. The number of hydrogen-bond acceptors (Lipinski definition) is 3. The molecule has 104 valence electrons. The summed E-state index contributed by atoms with van der Waals surface area (Å²) < 4.78 is 0. The number of amides is 1. The Morgan fingerprint density at radius 3 is 2.47 bits per heavy atom. The predicted octanol–water partition coefficient (Wildman–Crippen LogP) is 1.96. The van der Waals surface area contributed by atoms with Gasteiger partial charge in [-0.25, -0.2) is 0 Å². The Bertz CT molecular complexity index is 492. The number of nitrogens with one attached hydrogen (secondary N) is 2. The first kappa shape index (κ1) is 15.4. The van der Waals surface area contributed by atoms with E-state index in [1.54, 1.807) is 0 Å². The molecule has 0 aliphatic heterocycles. The van der Waals surface area contributed by atoms with Crippen molar-refractivity contribution < 1.29 is 4.79 Å². The van der Waals surface area contributed by atoms with Crippen LogP contribution in [0.1, 0.15) is 31.9 Å². The first-order chi connectivity index (χ1) is 8.69. The number of thiocarbonyl (C=S) groups is 1. The maximum Gasteiger partial charge on any atom is 0.239 e. The highest BCUT2D eigenvalue weighted by Crippen LogP contribution is 2.14. The maximum absolute atomic E-state index is 11.7. The number of benzene rings is 1. The van der Waals surface area contributed by atoms with Gasteiger partial charge in [0.1, 0.15) is 4.99 Å². The van der Waals surface area contributed by atoms with Gasteiger partial charge in [0.05, 0.1) is 6.54 Å². The predicted molar refractivity (Wildman–Crippen MR) is 83.5 cm³/mol. The molecule has 0 radical (unpaired) electrons. The Labute approximate surface area is 119 Å². The van der Waals surface area contributed by atoms with Crippen molar-refractivity contribution in [3.8, 4) is 0 Å². The average Bonchev–Trinajstić information content (AvgIpc) is 2.23. The summed E-state index contributed by atoms with van der Waals surface area (Å²) in [4.78, 5) is 12.1. The molecule has 0 atom stereocenters. The Hall–Kier alpha value is -1.62. The summed E-state index contributed by atoms with van der Waals surface area (Å²) in [5, 5.41) is 5.97. The molecule has 1 aromatic carbocycles. The van der Waals surface area contributed by atoms with Crippen LogP contribution in [-0.4, -0.2) is 23.0 Å². The summed E-state index contributed by atoms with van der Waals surface area (Å²) >= 11 is 4.95. The molecular formula is C14H21N3OS. The van der Waals surface area contributed by atoms with Crippen molar-refractivity contribution in [2.24, 2.45) is 5.73 Å². The number of carbonyl (C=O) groups is 1. The lowest BCUT2D eigenvalue weighted by Gasteiger charge is -2.20. The van der Waals surface area contributed by atoms with Crippen LogP contribution in [0.2, 0.25) is 0 Å². The second-order valence-corrected chi connectivity index (χ2v) is 5.99. The van der Waals surface area contributed by atoms with Crippen molar-refractivity contribution in [1.29, 1.82) is 0 Å². The molecule has 0 heterocycles. The highest BCUT2D eigenvalue weighted by atomic mass is 32.1. The van der Waals surface area contributed by atoms with Gasteiger partial charge in [-0.3, -0.25) is 4.79 Å². The second kappa shape index (κ2) is 6.02. The largest absolute Gasteiger partial charge is 0.389 e. The quantitative estimate of drug-likeness (QED) is 0.737. The van der Waals surface area contributed by atoms with E-state index < -0.39 is 0 Å². The lowest BCUT2D eigenvalue weighted by molar-refractivity contribution is -0.120. The molecule has 4 N–H and O–H groups in total. The zero-order chi connectivity index (χ0) is 14.6. The van der Waals surface area contributed by atoms with Crippen molar-refractivity contribution in [2.45, 2.75) is 33.2 Å². The SMILES string of the molecule is Cc1cc(NCC(=O)NC(C)(C)C)ccc1C(N)=S. The van der Waals surface area contributed by atoms with Gasteiger partial charge in [-0.1, -0.05) is 12.2 Å². The number of aryl methyl sites for hydroxylation is 1. The molecular weight excluding hydrogens is 258 g/mol. The number of rotatable bonds is 4. The van der Waals surface area contributed by atoms with Gasteiger partial charge >= 0.3 is 0 Å². The van der Waals surface area contributed by atoms with Gasteiger partial charge in [0, 0.05) is 16.8 Å². The molecule has 0 aromatic heterocycles. The molecule has 1 amide bonds. The van der Waals surface area contributed by atoms with E-state index in [0.717, 1.165) is 16.8 Å². The van der Waals surface area contributed by atoms with Crippen LogP contribution in [0.4, 0.5) is 5.69 Å². The molecule has 0 aliphatic rings. The molecule has 0 spiro atoms. The first-order valence-electron chi connectivity index (χ1n) is 6.14. The van der Waals surface area contributed by atoms with Crippen molar-refractivity contribution in [3.63, 3.8) is 0 Å². The van der Waals surface area contributed by atoms with Gasteiger partial charge in [-0.2, -0.15) is 0 Å².